The van der Waals surface area contributed by atoms with E-state index in [1.807, 2.05) is 4.90 Å². The van der Waals surface area contributed by atoms with Gasteiger partial charge < -0.3 is 16.0 Å². The summed E-state index contributed by atoms with van der Waals surface area (Å²) in [5.41, 5.74) is 5.34. The Morgan fingerprint density at radius 1 is 1.45 bits per heavy atom. The first-order chi connectivity index (χ1) is 10.6. The third-order valence-corrected chi connectivity index (χ3v) is 3.87. The molecule has 0 unspecified atom stereocenters. The second-order valence-corrected chi connectivity index (χ2v) is 5.59. The summed E-state index contributed by atoms with van der Waals surface area (Å²) in [4.78, 5) is 29.2. The molecule has 0 spiro atoms. The van der Waals surface area contributed by atoms with Gasteiger partial charge in [0.05, 0.1) is 0 Å². The Bertz CT molecular complexity index is 525. The van der Waals surface area contributed by atoms with Gasteiger partial charge in [-0.2, -0.15) is 0 Å². The summed E-state index contributed by atoms with van der Waals surface area (Å²) in [6.45, 7) is 3.62. The maximum atomic E-state index is 12.0. The van der Waals surface area contributed by atoms with Crippen LogP contribution in [0, 0.1) is 6.07 Å². The van der Waals surface area contributed by atoms with Gasteiger partial charge in [0, 0.05) is 31.6 Å². The molecule has 1 aliphatic rings. The fraction of sp³-hybridized carbons (Fsp3) is 0.562. The first-order valence-electron chi connectivity index (χ1n) is 7.83. The zero-order valence-corrected chi connectivity index (χ0v) is 13.0. The molecule has 0 saturated carbocycles. The predicted molar refractivity (Wildman–Crippen MR) is 84.3 cm³/mol. The Morgan fingerprint density at radius 3 is 2.82 bits per heavy atom. The summed E-state index contributed by atoms with van der Waals surface area (Å²) in [5, 5.41) is 3.30. The summed E-state index contributed by atoms with van der Waals surface area (Å²) >= 11 is 0. The van der Waals surface area contributed by atoms with Crippen molar-refractivity contribution in [3.05, 3.63) is 23.9 Å². The van der Waals surface area contributed by atoms with Crippen molar-refractivity contribution >= 4 is 17.6 Å². The molecule has 3 N–H and O–H groups in total. The summed E-state index contributed by atoms with van der Waals surface area (Å²) in [6, 6.07) is 6.37. The average Bonchev–Trinajstić information content (AvgIpc) is 2.53. The van der Waals surface area contributed by atoms with Crippen molar-refractivity contribution in [1.29, 1.82) is 0 Å². The number of amides is 2. The number of rotatable bonds is 6. The maximum Gasteiger partial charge on any atom is 0.268 e. The molecular formula is C16H23N4O2. The first-order valence-corrected chi connectivity index (χ1v) is 7.83. The van der Waals surface area contributed by atoms with Crippen molar-refractivity contribution in [3.8, 4) is 0 Å². The fourth-order valence-corrected chi connectivity index (χ4v) is 2.56. The van der Waals surface area contributed by atoms with Crippen LogP contribution in [0.4, 0.5) is 5.82 Å². The highest BCUT2D eigenvalue weighted by Crippen LogP contribution is 2.16. The Hall–Kier alpha value is -2.11. The molecule has 6 nitrogen and oxygen atoms in total. The zero-order valence-electron chi connectivity index (χ0n) is 13.0. The van der Waals surface area contributed by atoms with Crippen LogP contribution < -0.4 is 11.1 Å². The maximum absolute atomic E-state index is 12.0. The Morgan fingerprint density at radius 2 is 2.18 bits per heavy atom. The van der Waals surface area contributed by atoms with Gasteiger partial charge in [-0.05, 0) is 31.4 Å². The molecule has 0 bridgehead atoms. The van der Waals surface area contributed by atoms with Crippen LogP contribution in [0.2, 0.25) is 0 Å². The van der Waals surface area contributed by atoms with Crippen molar-refractivity contribution in [2.45, 2.75) is 45.1 Å². The van der Waals surface area contributed by atoms with Gasteiger partial charge in [0.1, 0.15) is 11.5 Å². The van der Waals surface area contributed by atoms with E-state index in [0.717, 1.165) is 38.8 Å². The lowest BCUT2D eigenvalue weighted by Gasteiger charge is -2.32. The highest BCUT2D eigenvalue weighted by Gasteiger charge is 2.22. The second kappa shape index (κ2) is 7.77. The third-order valence-electron chi connectivity index (χ3n) is 3.87. The minimum absolute atomic E-state index is 0.136. The van der Waals surface area contributed by atoms with Gasteiger partial charge in [0.25, 0.3) is 5.91 Å². The smallest absolute Gasteiger partial charge is 0.268 e. The van der Waals surface area contributed by atoms with E-state index >= 15 is 0 Å². The molecule has 6 heteroatoms. The molecule has 0 atom stereocenters. The molecule has 1 aliphatic heterocycles. The molecule has 1 saturated heterocycles. The third kappa shape index (κ3) is 4.44. The number of nitrogens with one attached hydrogen (secondary N) is 1. The summed E-state index contributed by atoms with van der Waals surface area (Å²) in [6.07, 6.45) is 4.40. The van der Waals surface area contributed by atoms with Gasteiger partial charge in [0.2, 0.25) is 5.91 Å². The van der Waals surface area contributed by atoms with Crippen molar-refractivity contribution < 1.29 is 9.59 Å². The number of nitrogens with two attached hydrogens (primary N) is 1. The molecule has 1 fully saturated rings. The number of hydrogen-bond acceptors (Lipinski definition) is 4. The van der Waals surface area contributed by atoms with E-state index in [4.69, 9.17) is 5.73 Å². The van der Waals surface area contributed by atoms with Gasteiger partial charge in [0.15, 0.2) is 0 Å². The van der Waals surface area contributed by atoms with Gasteiger partial charge >= 0.3 is 0 Å². The lowest BCUT2D eigenvalue weighted by molar-refractivity contribution is -0.132. The molecule has 2 rings (SSSR count). The Balaban J connectivity index is 1.83. The number of likely N-dealkylation sites (tertiary alicyclic amines) is 1. The monoisotopic (exact) mass is 303 g/mol. The number of nitrogens with zero attached hydrogens (tertiary/aromatic N) is 2. The number of unbranched alkanes of at least 4 members (excludes halogenated alkanes) is 1. The van der Waals surface area contributed by atoms with E-state index in [0.29, 0.717) is 12.2 Å². The summed E-state index contributed by atoms with van der Waals surface area (Å²) in [7, 11) is 0. The largest absolute Gasteiger partial charge is 0.367 e. The molecule has 0 aliphatic carbocycles. The van der Waals surface area contributed by atoms with E-state index in [-0.39, 0.29) is 17.6 Å². The van der Waals surface area contributed by atoms with Crippen molar-refractivity contribution in [1.82, 2.24) is 9.88 Å². The number of piperidine rings is 1. The van der Waals surface area contributed by atoms with E-state index in [1.165, 1.54) is 0 Å². The van der Waals surface area contributed by atoms with Crippen LogP contribution in [-0.2, 0) is 4.79 Å². The van der Waals surface area contributed by atoms with Gasteiger partial charge in [-0.15, -0.1) is 0 Å². The summed E-state index contributed by atoms with van der Waals surface area (Å²) < 4.78 is 0. The van der Waals surface area contributed by atoms with Gasteiger partial charge in [-0.3, -0.25) is 9.59 Å². The zero-order chi connectivity index (χ0) is 15.9. The number of hydrogen-bond donors (Lipinski definition) is 2. The SMILES string of the molecule is CCCCC(=O)N1CCC(Nc2cc[c]c(C(N)=O)n2)CC1. The number of pyridine rings is 1. The molecule has 2 heterocycles. The lowest BCUT2D eigenvalue weighted by Crippen LogP contribution is -2.42. The first kappa shape index (κ1) is 16.3. The molecule has 0 aromatic carbocycles. The average molecular weight is 303 g/mol. The van der Waals surface area contributed by atoms with Crippen LogP contribution in [0.1, 0.15) is 49.5 Å². The Labute approximate surface area is 131 Å². The summed E-state index contributed by atoms with van der Waals surface area (Å²) in [5.74, 6) is 0.298. The molecule has 1 radical (unpaired) electrons. The van der Waals surface area contributed by atoms with Crippen molar-refractivity contribution in [2.24, 2.45) is 5.73 Å². The lowest BCUT2D eigenvalue weighted by atomic mass is 10.0. The molecular weight excluding hydrogens is 280 g/mol. The highest BCUT2D eigenvalue weighted by molar-refractivity contribution is 5.90. The molecule has 1 aromatic rings. The normalized spacial score (nSPS) is 15.6. The minimum atomic E-state index is -0.583. The number of aromatic nitrogens is 1. The number of anilines is 1. The fourth-order valence-electron chi connectivity index (χ4n) is 2.56. The molecule has 1 aromatic heterocycles. The quantitative estimate of drug-likeness (QED) is 0.835. The molecule has 22 heavy (non-hydrogen) atoms. The van der Waals surface area contributed by atoms with E-state index in [9.17, 15) is 9.59 Å². The minimum Gasteiger partial charge on any atom is -0.367 e. The van der Waals surface area contributed by atoms with E-state index in [2.05, 4.69) is 23.3 Å². The van der Waals surface area contributed by atoms with E-state index in [1.54, 1.807) is 12.1 Å². The predicted octanol–water partition coefficient (Wildman–Crippen LogP) is 1.57. The van der Waals surface area contributed by atoms with Crippen LogP contribution >= 0.6 is 0 Å². The van der Waals surface area contributed by atoms with Gasteiger partial charge in [-0.25, -0.2) is 4.98 Å². The topological polar surface area (TPSA) is 88.3 Å². The van der Waals surface area contributed by atoms with Crippen molar-refractivity contribution in [3.63, 3.8) is 0 Å². The number of carbonyl (C=O) groups is 2. The molecule has 119 valence electrons. The van der Waals surface area contributed by atoms with E-state index < -0.39 is 5.91 Å². The second-order valence-electron chi connectivity index (χ2n) is 5.59. The number of primary amides is 1. The van der Waals surface area contributed by atoms with Crippen LogP contribution in [0.5, 0.6) is 0 Å². The van der Waals surface area contributed by atoms with Crippen LogP contribution in [0.25, 0.3) is 0 Å². The number of carbonyl (C=O) groups excluding carboxylic acids is 2. The van der Waals surface area contributed by atoms with Gasteiger partial charge in [-0.1, -0.05) is 13.3 Å². The van der Waals surface area contributed by atoms with Crippen molar-refractivity contribution in [2.75, 3.05) is 18.4 Å². The molecule has 2 amide bonds. The highest BCUT2D eigenvalue weighted by atomic mass is 16.2. The standard InChI is InChI=1S/C16H23N4O2/c1-2-3-7-15(21)20-10-8-12(9-11-20)18-14-6-4-5-13(19-14)16(17)22/h4,6,12H,2-3,7-11H2,1H3,(H2,17,22)(H,18,19). The Kier molecular flexibility index (Phi) is 5.75. The van der Waals surface area contributed by atoms with Crippen LogP contribution in [0.3, 0.4) is 0 Å². The van der Waals surface area contributed by atoms with Crippen LogP contribution in [-0.4, -0.2) is 40.8 Å². The van der Waals surface area contributed by atoms with Crippen LogP contribution in [0.15, 0.2) is 12.1 Å².